The van der Waals surface area contributed by atoms with Gasteiger partial charge in [0.2, 0.25) is 0 Å². The number of para-hydroxylation sites is 1. The Bertz CT molecular complexity index is 667. The van der Waals surface area contributed by atoms with Crippen LogP contribution in [0.3, 0.4) is 0 Å². The van der Waals surface area contributed by atoms with Crippen LogP contribution in [0.2, 0.25) is 0 Å². The van der Waals surface area contributed by atoms with Gasteiger partial charge in [-0.15, -0.1) is 0 Å². The van der Waals surface area contributed by atoms with Crippen LogP contribution in [0.15, 0.2) is 42.5 Å². The van der Waals surface area contributed by atoms with E-state index in [1.165, 1.54) is 0 Å². The average Bonchev–Trinajstić information content (AvgIpc) is 2.54. The Morgan fingerprint density at radius 2 is 1.54 bits per heavy atom. The van der Waals surface area contributed by atoms with Crippen molar-refractivity contribution in [3.8, 4) is 5.75 Å². The maximum atomic E-state index is 12.4. The van der Waals surface area contributed by atoms with Gasteiger partial charge >= 0.3 is 0 Å². The number of hydrogen-bond donors (Lipinski definition) is 1. The van der Waals surface area contributed by atoms with E-state index in [-0.39, 0.29) is 12.5 Å². The summed E-state index contributed by atoms with van der Waals surface area (Å²) in [6, 6.07) is 13.9. The van der Waals surface area contributed by atoms with Gasteiger partial charge in [-0.05, 0) is 69.8 Å². The molecule has 0 atom stereocenters. The molecule has 4 heteroatoms. The summed E-state index contributed by atoms with van der Waals surface area (Å²) in [5.41, 5.74) is 3.24. The summed E-state index contributed by atoms with van der Waals surface area (Å²) in [5, 5.41) is 3.06. The molecule has 0 fully saturated rings. The lowest BCUT2D eigenvalue weighted by Crippen LogP contribution is -2.22. The summed E-state index contributed by atoms with van der Waals surface area (Å²) in [6.07, 6.45) is 0. The van der Waals surface area contributed by atoms with E-state index in [1.54, 1.807) is 0 Å². The van der Waals surface area contributed by atoms with Gasteiger partial charge in [0.15, 0.2) is 6.61 Å². The van der Waals surface area contributed by atoms with Gasteiger partial charge in [-0.3, -0.25) is 4.79 Å². The predicted molar refractivity (Wildman–Crippen MR) is 108 cm³/mol. The van der Waals surface area contributed by atoms with Crippen LogP contribution in [-0.4, -0.2) is 12.5 Å². The molecular weight excluding hydrogens is 413 g/mol. The van der Waals surface area contributed by atoms with E-state index >= 15 is 0 Å². The molecule has 0 unspecified atom stereocenters. The number of hydrogen-bond acceptors (Lipinski definition) is 2. The van der Waals surface area contributed by atoms with Crippen LogP contribution in [0, 0.1) is 3.57 Å². The molecule has 0 saturated carbocycles. The molecular formula is C20H24INO2. The summed E-state index contributed by atoms with van der Waals surface area (Å²) in [7, 11) is 0. The molecule has 1 amide bonds. The van der Waals surface area contributed by atoms with Gasteiger partial charge in [0.1, 0.15) is 5.75 Å². The second kappa shape index (κ2) is 8.51. The third-order valence-corrected chi connectivity index (χ3v) is 4.54. The van der Waals surface area contributed by atoms with Crippen molar-refractivity contribution < 1.29 is 9.53 Å². The maximum absolute atomic E-state index is 12.4. The third-order valence-electron chi connectivity index (χ3n) is 3.82. The summed E-state index contributed by atoms with van der Waals surface area (Å²) >= 11 is 2.24. The molecule has 2 rings (SSSR count). The van der Waals surface area contributed by atoms with Crippen LogP contribution >= 0.6 is 22.6 Å². The quantitative estimate of drug-likeness (QED) is 0.602. The summed E-state index contributed by atoms with van der Waals surface area (Å²) in [5.74, 6) is 1.25. The van der Waals surface area contributed by atoms with Crippen LogP contribution in [0.4, 0.5) is 5.69 Å². The Kier molecular flexibility index (Phi) is 6.66. The number of ether oxygens (including phenoxy) is 1. The van der Waals surface area contributed by atoms with Gasteiger partial charge in [0.25, 0.3) is 5.91 Å². The zero-order valence-corrected chi connectivity index (χ0v) is 16.8. The lowest BCUT2D eigenvalue weighted by Gasteiger charge is -2.20. The van der Waals surface area contributed by atoms with Crippen molar-refractivity contribution in [2.75, 3.05) is 11.9 Å². The normalized spacial score (nSPS) is 11.0. The lowest BCUT2D eigenvalue weighted by molar-refractivity contribution is -0.118. The fraction of sp³-hybridized carbons (Fsp3) is 0.350. The van der Waals surface area contributed by atoms with Crippen molar-refractivity contribution in [1.82, 2.24) is 0 Å². The van der Waals surface area contributed by atoms with Crippen LogP contribution in [-0.2, 0) is 4.79 Å². The van der Waals surface area contributed by atoms with Gasteiger partial charge in [-0.25, -0.2) is 0 Å². The number of benzene rings is 2. The van der Waals surface area contributed by atoms with Gasteiger partial charge in [-0.1, -0.05) is 45.9 Å². The fourth-order valence-corrected chi connectivity index (χ4v) is 2.91. The number of carbonyl (C=O) groups excluding carboxylic acids is 1. The number of amides is 1. The molecule has 0 aliphatic heterocycles. The highest BCUT2D eigenvalue weighted by molar-refractivity contribution is 14.1. The Morgan fingerprint density at radius 1 is 1.00 bits per heavy atom. The van der Waals surface area contributed by atoms with Gasteiger partial charge < -0.3 is 10.1 Å². The van der Waals surface area contributed by atoms with Crippen LogP contribution in [0.1, 0.15) is 50.7 Å². The van der Waals surface area contributed by atoms with Crippen LogP contribution in [0.25, 0.3) is 0 Å². The van der Waals surface area contributed by atoms with Crippen molar-refractivity contribution in [2.24, 2.45) is 0 Å². The molecule has 0 spiro atoms. The molecule has 2 aromatic carbocycles. The van der Waals surface area contributed by atoms with Gasteiger partial charge in [0, 0.05) is 9.26 Å². The van der Waals surface area contributed by atoms with Crippen molar-refractivity contribution in [3.05, 3.63) is 57.2 Å². The average molecular weight is 437 g/mol. The largest absolute Gasteiger partial charge is 0.484 e. The second-order valence-corrected chi connectivity index (χ2v) is 7.66. The standard InChI is InChI=1S/C20H24INO2/c1-13(2)17-6-5-7-18(14(3)4)20(17)22-19(23)12-24-16-10-8-15(21)9-11-16/h5-11,13-14H,12H2,1-4H3,(H,22,23). The maximum Gasteiger partial charge on any atom is 0.262 e. The fourth-order valence-electron chi connectivity index (χ4n) is 2.55. The highest BCUT2D eigenvalue weighted by Crippen LogP contribution is 2.32. The summed E-state index contributed by atoms with van der Waals surface area (Å²) in [4.78, 5) is 12.4. The predicted octanol–water partition coefficient (Wildman–Crippen LogP) is 5.56. The van der Waals surface area contributed by atoms with Gasteiger partial charge in [0.05, 0.1) is 0 Å². The number of rotatable bonds is 6. The number of halogens is 1. The summed E-state index contributed by atoms with van der Waals surface area (Å²) < 4.78 is 6.72. The van der Waals surface area contributed by atoms with E-state index in [0.717, 1.165) is 20.4 Å². The summed E-state index contributed by atoms with van der Waals surface area (Å²) in [6.45, 7) is 8.55. The number of carbonyl (C=O) groups is 1. The molecule has 3 nitrogen and oxygen atoms in total. The molecule has 0 radical (unpaired) electrons. The zero-order chi connectivity index (χ0) is 17.7. The SMILES string of the molecule is CC(C)c1cccc(C(C)C)c1NC(=O)COc1ccc(I)cc1. The Morgan fingerprint density at radius 3 is 2.04 bits per heavy atom. The zero-order valence-electron chi connectivity index (χ0n) is 14.6. The molecule has 0 aliphatic rings. The lowest BCUT2D eigenvalue weighted by atomic mass is 9.92. The Hall–Kier alpha value is -1.56. The molecule has 1 N–H and O–H groups in total. The molecule has 24 heavy (non-hydrogen) atoms. The molecule has 0 aromatic heterocycles. The second-order valence-electron chi connectivity index (χ2n) is 6.41. The van der Waals surface area contributed by atoms with Crippen LogP contribution in [0.5, 0.6) is 5.75 Å². The van der Waals surface area contributed by atoms with Gasteiger partial charge in [-0.2, -0.15) is 0 Å². The molecule has 2 aromatic rings. The molecule has 0 heterocycles. The van der Waals surface area contributed by atoms with Crippen molar-refractivity contribution in [2.45, 2.75) is 39.5 Å². The first-order valence-corrected chi connectivity index (χ1v) is 9.27. The first-order chi connectivity index (χ1) is 11.4. The molecule has 128 valence electrons. The highest BCUT2D eigenvalue weighted by atomic mass is 127. The monoisotopic (exact) mass is 437 g/mol. The van der Waals surface area contributed by atoms with Crippen molar-refractivity contribution in [1.29, 1.82) is 0 Å². The first-order valence-electron chi connectivity index (χ1n) is 8.19. The number of anilines is 1. The Balaban J connectivity index is 2.11. The highest BCUT2D eigenvalue weighted by Gasteiger charge is 2.16. The minimum absolute atomic E-state index is 0.00452. The van der Waals surface area contributed by atoms with E-state index < -0.39 is 0 Å². The van der Waals surface area contributed by atoms with E-state index in [2.05, 4.69) is 73.8 Å². The van der Waals surface area contributed by atoms with E-state index in [0.29, 0.717) is 17.6 Å². The van der Waals surface area contributed by atoms with E-state index in [4.69, 9.17) is 4.74 Å². The topological polar surface area (TPSA) is 38.3 Å². The van der Waals surface area contributed by atoms with Crippen molar-refractivity contribution >= 4 is 34.2 Å². The molecule has 0 aliphatic carbocycles. The van der Waals surface area contributed by atoms with Crippen LogP contribution < -0.4 is 10.1 Å². The first kappa shape index (κ1) is 18.8. The van der Waals surface area contributed by atoms with E-state index in [1.807, 2.05) is 24.3 Å². The van der Waals surface area contributed by atoms with E-state index in [9.17, 15) is 4.79 Å². The Labute approximate surface area is 157 Å². The number of nitrogens with one attached hydrogen (secondary N) is 1. The molecule has 0 bridgehead atoms. The smallest absolute Gasteiger partial charge is 0.262 e. The van der Waals surface area contributed by atoms with Crippen molar-refractivity contribution in [3.63, 3.8) is 0 Å². The third kappa shape index (κ3) is 4.97. The minimum atomic E-state index is -0.136. The minimum Gasteiger partial charge on any atom is -0.484 e. The molecule has 0 saturated heterocycles.